The minimum Gasteiger partial charge on any atom is -0.342 e. The maximum absolute atomic E-state index is 12.4. The highest BCUT2D eigenvalue weighted by molar-refractivity contribution is 7.87. The zero-order valence-corrected chi connectivity index (χ0v) is 14.8. The molecule has 0 aromatic heterocycles. The molecule has 1 aliphatic rings. The summed E-state index contributed by atoms with van der Waals surface area (Å²) in [6.07, 6.45) is 1.69. The molecule has 1 aromatic rings. The Morgan fingerprint density at radius 2 is 1.96 bits per heavy atom. The third-order valence-electron chi connectivity index (χ3n) is 4.08. The molecule has 1 heterocycles. The zero-order valence-electron chi connectivity index (χ0n) is 13.9. The lowest BCUT2D eigenvalue weighted by molar-refractivity contribution is -0.131. The van der Waals surface area contributed by atoms with Gasteiger partial charge in [-0.3, -0.25) is 4.79 Å². The Bertz CT molecular complexity index is 650. The van der Waals surface area contributed by atoms with Gasteiger partial charge >= 0.3 is 0 Å². The van der Waals surface area contributed by atoms with Crippen molar-refractivity contribution < 1.29 is 13.2 Å². The van der Waals surface area contributed by atoms with E-state index in [1.54, 1.807) is 0 Å². The third kappa shape index (κ3) is 5.02. The Labute approximate surface area is 138 Å². The molecule has 2 rings (SSSR count). The molecule has 7 heteroatoms. The minimum atomic E-state index is -3.41. The Kier molecular flexibility index (Phi) is 5.78. The largest absolute Gasteiger partial charge is 0.342 e. The second-order valence-electron chi connectivity index (χ2n) is 6.23. The number of carbonyl (C=O) groups is 1. The number of nitrogens with one attached hydrogen (secondary N) is 1. The first kappa shape index (κ1) is 17.9. The maximum atomic E-state index is 12.4. The van der Waals surface area contributed by atoms with Crippen LogP contribution in [0.3, 0.4) is 0 Å². The van der Waals surface area contributed by atoms with E-state index >= 15 is 0 Å². The van der Waals surface area contributed by atoms with E-state index in [-0.39, 0.29) is 11.9 Å². The van der Waals surface area contributed by atoms with E-state index in [0.717, 1.165) is 11.1 Å². The number of carbonyl (C=O) groups excluding carboxylic acids is 1. The molecule has 1 aromatic carbocycles. The third-order valence-corrected chi connectivity index (χ3v) is 5.67. The number of likely N-dealkylation sites (tertiary alicyclic amines) is 1. The van der Waals surface area contributed by atoms with Crippen LogP contribution >= 0.6 is 0 Å². The summed E-state index contributed by atoms with van der Waals surface area (Å²) >= 11 is 0. The molecule has 1 aliphatic heterocycles. The second-order valence-corrected chi connectivity index (χ2v) is 8.14. The maximum Gasteiger partial charge on any atom is 0.279 e. The van der Waals surface area contributed by atoms with E-state index in [4.69, 9.17) is 0 Å². The highest BCUT2D eigenvalue weighted by Crippen LogP contribution is 2.14. The van der Waals surface area contributed by atoms with Gasteiger partial charge in [0.2, 0.25) is 5.91 Å². The van der Waals surface area contributed by atoms with Crippen LogP contribution in [0.4, 0.5) is 0 Å². The number of hydrogen-bond donors (Lipinski definition) is 1. The predicted octanol–water partition coefficient (Wildman–Crippen LogP) is 0.925. The molecule has 0 atom stereocenters. The van der Waals surface area contributed by atoms with Crippen LogP contribution in [0.15, 0.2) is 24.3 Å². The van der Waals surface area contributed by atoms with Crippen molar-refractivity contribution in [3.63, 3.8) is 0 Å². The summed E-state index contributed by atoms with van der Waals surface area (Å²) in [5.74, 6) is 0.101. The number of amides is 1. The number of rotatable bonds is 5. The molecule has 1 saturated heterocycles. The Morgan fingerprint density at radius 3 is 2.52 bits per heavy atom. The minimum absolute atomic E-state index is 0.101. The molecule has 1 amide bonds. The van der Waals surface area contributed by atoms with Gasteiger partial charge in [0, 0.05) is 33.2 Å². The van der Waals surface area contributed by atoms with E-state index in [1.165, 1.54) is 18.4 Å². The smallest absolute Gasteiger partial charge is 0.279 e. The van der Waals surface area contributed by atoms with E-state index in [0.29, 0.717) is 32.4 Å². The number of benzene rings is 1. The molecule has 0 saturated carbocycles. The van der Waals surface area contributed by atoms with Crippen LogP contribution in [0.2, 0.25) is 0 Å². The summed E-state index contributed by atoms with van der Waals surface area (Å²) in [7, 11) is -0.403. The molecular weight excluding hydrogens is 314 g/mol. The summed E-state index contributed by atoms with van der Waals surface area (Å²) in [6, 6.07) is 7.85. The van der Waals surface area contributed by atoms with Crippen molar-refractivity contribution in [1.29, 1.82) is 0 Å². The molecule has 1 fully saturated rings. The molecule has 6 nitrogen and oxygen atoms in total. The normalized spacial score (nSPS) is 16.8. The monoisotopic (exact) mass is 339 g/mol. The van der Waals surface area contributed by atoms with Crippen molar-refractivity contribution in [3.8, 4) is 0 Å². The first-order valence-corrected chi connectivity index (χ1v) is 9.25. The van der Waals surface area contributed by atoms with Crippen LogP contribution in [0.1, 0.15) is 24.0 Å². The van der Waals surface area contributed by atoms with Crippen LogP contribution in [0.5, 0.6) is 0 Å². The highest BCUT2D eigenvalue weighted by Gasteiger charge is 2.26. The van der Waals surface area contributed by atoms with Crippen LogP contribution in [-0.4, -0.2) is 56.8 Å². The Morgan fingerprint density at radius 1 is 1.30 bits per heavy atom. The van der Waals surface area contributed by atoms with Gasteiger partial charge in [-0.2, -0.15) is 17.4 Å². The van der Waals surface area contributed by atoms with Gasteiger partial charge in [-0.05, 0) is 25.3 Å². The van der Waals surface area contributed by atoms with Gasteiger partial charge in [-0.25, -0.2) is 0 Å². The standard InChI is InChI=1S/C16H25N3O3S/c1-13-5-4-6-14(11-13)12-16(20)19-9-7-15(8-10-19)17-23(21,22)18(2)3/h4-6,11,15,17H,7-10,12H2,1-3H3. The van der Waals surface area contributed by atoms with Gasteiger partial charge in [0.1, 0.15) is 0 Å². The average molecular weight is 339 g/mol. The predicted molar refractivity (Wildman–Crippen MR) is 90.2 cm³/mol. The van der Waals surface area contributed by atoms with Crippen LogP contribution in [-0.2, 0) is 21.4 Å². The fourth-order valence-electron chi connectivity index (χ4n) is 2.67. The highest BCUT2D eigenvalue weighted by atomic mass is 32.2. The molecule has 0 unspecified atom stereocenters. The van der Waals surface area contributed by atoms with Gasteiger partial charge < -0.3 is 4.90 Å². The molecule has 0 spiro atoms. The summed E-state index contributed by atoms with van der Waals surface area (Å²) in [6.45, 7) is 3.19. The first-order chi connectivity index (χ1) is 10.8. The fraction of sp³-hybridized carbons (Fsp3) is 0.562. The SMILES string of the molecule is Cc1cccc(CC(=O)N2CCC(NS(=O)(=O)N(C)C)CC2)c1. The van der Waals surface area contributed by atoms with E-state index in [2.05, 4.69) is 4.72 Å². The van der Waals surface area contributed by atoms with Crippen molar-refractivity contribution in [1.82, 2.24) is 13.9 Å². The van der Waals surface area contributed by atoms with Crippen molar-refractivity contribution in [3.05, 3.63) is 35.4 Å². The van der Waals surface area contributed by atoms with Gasteiger partial charge in [-0.15, -0.1) is 0 Å². The number of nitrogens with zero attached hydrogens (tertiary/aromatic N) is 2. The lowest BCUT2D eigenvalue weighted by atomic mass is 10.0. The van der Waals surface area contributed by atoms with Gasteiger partial charge in [0.15, 0.2) is 0 Å². The van der Waals surface area contributed by atoms with Crippen LogP contribution in [0.25, 0.3) is 0 Å². The lowest BCUT2D eigenvalue weighted by Crippen LogP contribution is -2.49. The van der Waals surface area contributed by atoms with E-state index in [1.807, 2.05) is 36.1 Å². The summed E-state index contributed by atoms with van der Waals surface area (Å²) in [5.41, 5.74) is 2.16. The molecule has 1 N–H and O–H groups in total. The molecule has 0 radical (unpaired) electrons. The summed E-state index contributed by atoms with van der Waals surface area (Å²) in [5, 5.41) is 0. The number of piperidine rings is 1. The van der Waals surface area contributed by atoms with Crippen molar-refractivity contribution in [2.24, 2.45) is 0 Å². The number of aryl methyl sites for hydroxylation is 1. The Hall–Kier alpha value is -1.44. The van der Waals surface area contributed by atoms with Crippen LogP contribution in [0, 0.1) is 6.92 Å². The van der Waals surface area contributed by atoms with Crippen molar-refractivity contribution in [2.45, 2.75) is 32.2 Å². The van der Waals surface area contributed by atoms with E-state index < -0.39 is 10.2 Å². The first-order valence-electron chi connectivity index (χ1n) is 7.81. The molecule has 128 valence electrons. The van der Waals surface area contributed by atoms with Gasteiger partial charge in [-0.1, -0.05) is 29.8 Å². The van der Waals surface area contributed by atoms with E-state index in [9.17, 15) is 13.2 Å². The van der Waals surface area contributed by atoms with Crippen LogP contribution < -0.4 is 4.72 Å². The fourth-order valence-corrected chi connectivity index (χ4v) is 3.54. The average Bonchev–Trinajstić information content (AvgIpc) is 2.47. The number of hydrogen-bond acceptors (Lipinski definition) is 3. The molecular formula is C16H25N3O3S. The van der Waals surface area contributed by atoms with Crippen molar-refractivity contribution >= 4 is 16.1 Å². The lowest BCUT2D eigenvalue weighted by Gasteiger charge is -2.32. The topological polar surface area (TPSA) is 69.7 Å². The summed E-state index contributed by atoms with van der Waals surface area (Å²) < 4.78 is 27.5. The zero-order chi connectivity index (χ0) is 17.0. The van der Waals surface area contributed by atoms with Gasteiger partial charge in [0.05, 0.1) is 6.42 Å². The molecule has 23 heavy (non-hydrogen) atoms. The molecule has 0 bridgehead atoms. The van der Waals surface area contributed by atoms with Gasteiger partial charge in [0.25, 0.3) is 10.2 Å². The second kappa shape index (κ2) is 7.42. The molecule has 0 aliphatic carbocycles. The quantitative estimate of drug-likeness (QED) is 0.867. The Balaban J connectivity index is 1.85. The van der Waals surface area contributed by atoms with Crippen molar-refractivity contribution in [2.75, 3.05) is 27.2 Å². The summed E-state index contributed by atoms with van der Waals surface area (Å²) in [4.78, 5) is 14.2.